The predicted octanol–water partition coefficient (Wildman–Crippen LogP) is 1.11. The number of nitrogens with zero attached hydrogens (tertiary/aromatic N) is 2. The summed E-state index contributed by atoms with van der Waals surface area (Å²) in [5, 5.41) is 0. The summed E-state index contributed by atoms with van der Waals surface area (Å²) in [6.45, 7) is 6.60. The SMILES string of the molecule is COC(=O)CC1CN(C)CC(C)(C)N1C1CC1. The van der Waals surface area contributed by atoms with Gasteiger partial charge >= 0.3 is 5.97 Å². The van der Waals surface area contributed by atoms with E-state index in [-0.39, 0.29) is 11.5 Å². The van der Waals surface area contributed by atoms with Gasteiger partial charge < -0.3 is 9.64 Å². The van der Waals surface area contributed by atoms with Crippen LogP contribution >= 0.6 is 0 Å². The first-order chi connectivity index (χ1) is 7.94. The molecule has 0 spiro atoms. The van der Waals surface area contributed by atoms with Crippen LogP contribution < -0.4 is 0 Å². The zero-order valence-corrected chi connectivity index (χ0v) is 11.4. The first kappa shape index (κ1) is 12.8. The minimum absolute atomic E-state index is 0.0910. The van der Waals surface area contributed by atoms with Gasteiger partial charge in [0.25, 0.3) is 0 Å². The molecule has 2 aliphatic rings. The Morgan fingerprint density at radius 3 is 2.59 bits per heavy atom. The van der Waals surface area contributed by atoms with Crippen molar-refractivity contribution in [3.8, 4) is 0 Å². The number of hydrogen-bond acceptors (Lipinski definition) is 4. The number of hydrogen-bond donors (Lipinski definition) is 0. The summed E-state index contributed by atoms with van der Waals surface area (Å²) in [5.41, 5.74) is 0.160. The molecule has 1 saturated heterocycles. The van der Waals surface area contributed by atoms with Gasteiger partial charge in [0.05, 0.1) is 13.5 Å². The summed E-state index contributed by atoms with van der Waals surface area (Å²) < 4.78 is 4.82. The molecule has 0 radical (unpaired) electrons. The third-order valence-corrected chi connectivity index (χ3v) is 3.84. The minimum Gasteiger partial charge on any atom is -0.469 e. The van der Waals surface area contributed by atoms with Crippen molar-refractivity contribution in [2.75, 3.05) is 27.2 Å². The molecule has 17 heavy (non-hydrogen) atoms. The zero-order chi connectivity index (χ0) is 12.6. The van der Waals surface area contributed by atoms with Crippen LogP contribution in [0.3, 0.4) is 0 Å². The second-order valence-corrected chi connectivity index (χ2v) is 6.08. The monoisotopic (exact) mass is 240 g/mol. The van der Waals surface area contributed by atoms with Gasteiger partial charge in [-0.1, -0.05) is 0 Å². The highest BCUT2D eigenvalue weighted by atomic mass is 16.5. The maximum atomic E-state index is 11.5. The summed E-state index contributed by atoms with van der Waals surface area (Å²) in [5.74, 6) is -0.0910. The van der Waals surface area contributed by atoms with Gasteiger partial charge in [-0.2, -0.15) is 0 Å². The maximum Gasteiger partial charge on any atom is 0.307 e. The number of esters is 1. The lowest BCUT2D eigenvalue weighted by atomic mass is 9.93. The molecule has 4 heteroatoms. The topological polar surface area (TPSA) is 32.8 Å². The van der Waals surface area contributed by atoms with E-state index in [1.807, 2.05) is 0 Å². The van der Waals surface area contributed by atoms with Crippen LogP contribution in [0.25, 0.3) is 0 Å². The van der Waals surface area contributed by atoms with Crippen molar-refractivity contribution >= 4 is 5.97 Å². The zero-order valence-electron chi connectivity index (χ0n) is 11.4. The molecule has 0 amide bonds. The summed E-state index contributed by atoms with van der Waals surface area (Å²) in [6.07, 6.45) is 3.08. The van der Waals surface area contributed by atoms with Gasteiger partial charge in [-0.25, -0.2) is 0 Å². The molecule has 1 heterocycles. The Bertz CT molecular complexity index is 300. The van der Waals surface area contributed by atoms with Crippen LogP contribution in [0.1, 0.15) is 33.1 Å². The Kier molecular flexibility index (Phi) is 3.46. The number of methoxy groups -OCH3 is 1. The largest absolute Gasteiger partial charge is 0.469 e. The van der Waals surface area contributed by atoms with Crippen molar-refractivity contribution in [2.45, 2.75) is 50.7 Å². The highest BCUT2D eigenvalue weighted by Crippen LogP contribution is 2.38. The lowest BCUT2D eigenvalue weighted by Crippen LogP contribution is -2.64. The molecule has 0 bridgehead atoms. The van der Waals surface area contributed by atoms with E-state index < -0.39 is 0 Å². The summed E-state index contributed by atoms with van der Waals surface area (Å²) in [6, 6.07) is 0.997. The summed E-state index contributed by atoms with van der Waals surface area (Å²) in [7, 11) is 3.61. The van der Waals surface area contributed by atoms with Gasteiger partial charge in [0.1, 0.15) is 0 Å². The first-order valence-electron chi connectivity index (χ1n) is 6.48. The van der Waals surface area contributed by atoms with Crippen LogP contribution in [-0.4, -0.2) is 60.6 Å². The van der Waals surface area contributed by atoms with E-state index >= 15 is 0 Å². The number of carbonyl (C=O) groups excluding carboxylic acids is 1. The van der Waals surface area contributed by atoms with Gasteiger partial charge in [-0.15, -0.1) is 0 Å². The van der Waals surface area contributed by atoms with E-state index in [9.17, 15) is 4.79 Å². The van der Waals surface area contributed by atoms with Crippen LogP contribution in [0.2, 0.25) is 0 Å². The quantitative estimate of drug-likeness (QED) is 0.692. The third-order valence-electron chi connectivity index (χ3n) is 3.84. The standard InChI is InChI=1S/C13H24N2O2/c1-13(2)9-14(3)8-11(7-12(16)17-4)15(13)10-5-6-10/h10-11H,5-9H2,1-4H3. The molecule has 1 aliphatic heterocycles. The molecule has 1 saturated carbocycles. The first-order valence-corrected chi connectivity index (χ1v) is 6.48. The number of carbonyl (C=O) groups is 1. The van der Waals surface area contributed by atoms with E-state index in [0.717, 1.165) is 13.1 Å². The van der Waals surface area contributed by atoms with E-state index in [0.29, 0.717) is 18.5 Å². The molecule has 1 atom stereocenters. The van der Waals surface area contributed by atoms with Gasteiger partial charge in [-0.3, -0.25) is 9.69 Å². The van der Waals surface area contributed by atoms with Gasteiger partial charge in [0.15, 0.2) is 0 Å². The Balaban J connectivity index is 2.11. The average molecular weight is 240 g/mol. The molecule has 4 nitrogen and oxygen atoms in total. The van der Waals surface area contributed by atoms with Gasteiger partial charge in [-0.05, 0) is 33.7 Å². The van der Waals surface area contributed by atoms with E-state index in [1.54, 1.807) is 0 Å². The minimum atomic E-state index is -0.0910. The lowest BCUT2D eigenvalue weighted by molar-refractivity contribution is -0.144. The Labute approximate surface area is 104 Å². The van der Waals surface area contributed by atoms with Gasteiger partial charge in [0.2, 0.25) is 0 Å². The Hall–Kier alpha value is -0.610. The van der Waals surface area contributed by atoms with Crippen molar-refractivity contribution < 1.29 is 9.53 Å². The van der Waals surface area contributed by atoms with Crippen LogP contribution in [-0.2, 0) is 9.53 Å². The molecule has 2 rings (SSSR count). The highest BCUT2D eigenvalue weighted by molar-refractivity contribution is 5.70. The second kappa shape index (κ2) is 4.58. The van der Waals surface area contributed by atoms with Crippen molar-refractivity contribution in [3.63, 3.8) is 0 Å². The molecule has 98 valence electrons. The highest BCUT2D eigenvalue weighted by Gasteiger charge is 2.46. The van der Waals surface area contributed by atoms with Crippen LogP contribution in [0.5, 0.6) is 0 Å². The fraction of sp³-hybridized carbons (Fsp3) is 0.923. The summed E-state index contributed by atoms with van der Waals surface area (Å²) >= 11 is 0. The molecule has 0 aromatic heterocycles. The lowest BCUT2D eigenvalue weighted by Gasteiger charge is -2.51. The Morgan fingerprint density at radius 2 is 2.06 bits per heavy atom. The number of likely N-dealkylation sites (N-methyl/N-ethyl adjacent to an activating group) is 1. The number of ether oxygens (including phenoxy) is 1. The van der Waals surface area contributed by atoms with Gasteiger partial charge in [0, 0.05) is 30.7 Å². The molecular weight excluding hydrogens is 216 g/mol. The molecule has 1 unspecified atom stereocenters. The second-order valence-electron chi connectivity index (χ2n) is 6.08. The molecular formula is C13H24N2O2. The predicted molar refractivity (Wildman–Crippen MR) is 66.9 cm³/mol. The van der Waals surface area contributed by atoms with E-state index in [1.165, 1.54) is 20.0 Å². The molecule has 0 aromatic carbocycles. The van der Waals surface area contributed by atoms with E-state index in [2.05, 4.69) is 30.7 Å². The molecule has 2 fully saturated rings. The van der Waals surface area contributed by atoms with Crippen LogP contribution in [0.4, 0.5) is 0 Å². The van der Waals surface area contributed by atoms with Crippen molar-refractivity contribution in [1.29, 1.82) is 0 Å². The smallest absolute Gasteiger partial charge is 0.307 e. The molecule has 0 N–H and O–H groups in total. The maximum absolute atomic E-state index is 11.5. The van der Waals surface area contributed by atoms with Crippen LogP contribution in [0.15, 0.2) is 0 Å². The van der Waals surface area contributed by atoms with Crippen molar-refractivity contribution in [3.05, 3.63) is 0 Å². The fourth-order valence-corrected chi connectivity index (χ4v) is 3.33. The fourth-order valence-electron chi connectivity index (χ4n) is 3.33. The van der Waals surface area contributed by atoms with Crippen molar-refractivity contribution in [2.24, 2.45) is 0 Å². The molecule has 1 aliphatic carbocycles. The average Bonchev–Trinajstić information content (AvgIpc) is 2.98. The van der Waals surface area contributed by atoms with Crippen molar-refractivity contribution in [1.82, 2.24) is 9.80 Å². The summed E-state index contributed by atoms with van der Waals surface area (Å²) in [4.78, 5) is 16.4. The van der Waals surface area contributed by atoms with Crippen LogP contribution in [0, 0.1) is 0 Å². The van der Waals surface area contributed by atoms with E-state index in [4.69, 9.17) is 4.74 Å². The Morgan fingerprint density at radius 1 is 1.41 bits per heavy atom. The third kappa shape index (κ3) is 2.80. The normalized spacial score (nSPS) is 30.2. The number of piperazine rings is 1. The number of rotatable bonds is 3. The molecule has 0 aromatic rings.